The molecule has 1 aromatic heterocycles. The Kier molecular flexibility index (Phi) is 6.85. The third kappa shape index (κ3) is 5.22. The van der Waals surface area contributed by atoms with Crippen LogP contribution in [0.25, 0.3) is 0 Å². The fourth-order valence-corrected chi connectivity index (χ4v) is 4.38. The minimum absolute atomic E-state index is 0.186. The van der Waals surface area contributed by atoms with Gasteiger partial charge >= 0.3 is 6.18 Å². The summed E-state index contributed by atoms with van der Waals surface area (Å²) in [6.07, 6.45) is -3.65. The maximum atomic E-state index is 13.2. The zero-order chi connectivity index (χ0) is 21.9. The number of hydrogen-bond acceptors (Lipinski definition) is 3. The summed E-state index contributed by atoms with van der Waals surface area (Å²) in [7, 11) is 0. The van der Waals surface area contributed by atoms with Gasteiger partial charge in [0.05, 0.1) is 16.4 Å². The highest BCUT2D eigenvalue weighted by molar-refractivity contribution is 7.12. The molecule has 0 unspecified atom stereocenters. The molecule has 4 nitrogen and oxygen atoms in total. The van der Waals surface area contributed by atoms with Crippen molar-refractivity contribution in [1.82, 2.24) is 10.2 Å². The minimum Gasteiger partial charge on any atom is -0.356 e. The molecule has 0 bridgehead atoms. The van der Waals surface area contributed by atoms with Crippen molar-refractivity contribution in [3.8, 4) is 0 Å². The van der Waals surface area contributed by atoms with Crippen LogP contribution in [0.3, 0.4) is 0 Å². The molecule has 2 atom stereocenters. The van der Waals surface area contributed by atoms with E-state index in [4.69, 9.17) is 0 Å². The highest BCUT2D eigenvalue weighted by Gasteiger charge is 2.41. The highest BCUT2D eigenvalue weighted by Crippen LogP contribution is 2.37. The summed E-state index contributed by atoms with van der Waals surface area (Å²) < 4.78 is 39.6. The Hall–Kier alpha value is -2.35. The minimum atomic E-state index is -4.46. The van der Waals surface area contributed by atoms with Crippen LogP contribution in [-0.2, 0) is 11.0 Å². The van der Waals surface area contributed by atoms with Crippen LogP contribution in [0.5, 0.6) is 0 Å². The molecule has 30 heavy (non-hydrogen) atoms. The molecule has 0 saturated carbocycles. The lowest BCUT2D eigenvalue weighted by Gasteiger charge is -2.19. The van der Waals surface area contributed by atoms with Crippen molar-refractivity contribution >= 4 is 23.2 Å². The second-order valence-electron chi connectivity index (χ2n) is 8.00. The number of nitrogens with one attached hydrogen (secondary N) is 1. The summed E-state index contributed by atoms with van der Waals surface area (Å²) in [6, 6.07) is 8.56. The van der Waals surface area contributed by atoms with E-state index in [-0.39, 0.29) is 24.9 Å². The number of benzene rings is 1. The van der Waals surface area contributed by atoms with E-state index in [1.54, 1.807) is 28.5 Å². The Bertz CT molecular complexity index is 881. The van der Waals surface area contributed by atoms with E-state index in [0.29, 0.717) is 22.9 Å². The Morgan fingerprint density at radius 1 is 1.20 bits per heavy atom. The van der Waals surface area contributed by atoms with Gasteiger partial charge in [0.25, 0.3) is 5.91 Å². The normalized spacial score (nSPS) is 19.3. The van der Waals surface area contributed by atoms with E-state index in [1.807, 2.05) is 0 Å². The molecule has 1 saturated heterocycles. The van der Waals surface area contributed by atoms with Gasteiger partial charge in [-0.1, -0.05) is 38.1 Å². The van der Waals surface area contributed by atoms with Crippen LogP contribution in [-0.4, -0.2) is 36.3 Å². The third-order valence-electron chi connectivity index (χ3n) is 5.34. The number of carbonyl (C=O) groups excluding carboxylic acids is 2. The number of likely N-dealkylation sites (tertiary alicyclic amines) is 1. The van der Waals surface area contributed by atoms with Gasteiger partial charge in [0.15, 0.2) is 0 Å². The zero-order valence-corrected chi connectivity index (χ0v) is 17.7. The first-order valence-electron chi connectivity index (χ1n) is 9.94. The SMILES string of the molecule is CC(C)CCNC(=O)[C@H]1CN(C(=O)c2cccs2)C[C@H]1c1cccc(C(F)(F)F)c1. The topological polar surface area (TPSA) is 49.4 Å². The fourth-order valence-electron chi connectivity index (χ4n) is 3.69. The molecule has 1 aliphatic rings. The Morgan fingerprint density at radius 3 is 2.60 bits per heavy atom. The number of hydrogen-bond donors (Lipinski definition) is 1. The number of alkyl halides is 3. The standard InChI is InChI=1S/C22H25F3N2O2S/c1-14(2)8-9-26-20(28)18-13-27(21(29)19-7-4-10-30-19)12-17(18)15-5-3-6-16(11-15)22(23,24)25/h3-7,10-11,14,17-18H,8-9,12-13H2,1-2H3,(H,26,28)/t17-,18-/m0/s1. The third-order valence-corrected chi connectivity index (χ3v) is 6.20. The molecular weight excluding hydrogens is 413 g/mol. The molecule has 1 fully saturated rings. The highest BCUT2D eigenvalue weighted by atomic mass is 32.1. The van der Waals surface area contributed by atoms with Crippen LogP contribution in [0.4, 0.5) is 13.2 Å². The van der Waals surface area contributed by atoms with Gasteiger partial charge in [-0.2, -0.15) is 13.2 Å². The van der Waals surface area contributed by atoms with Crippen LogP contribution in [0.2, 0.25) is 0 Å². The average molecular weight is 439 g/mol. The maximum absolute atomic E-state index is 13.2. The lowest BCUT2D eigenvalue weighted by Crippen LogP contribution is -2.36. The molecule has 2 amide bonds. The van der Waals surface area contributed by atoms with Gasteiger partial charge in [0.2, 0.25) is 5.91 Å². The molecule has 8 heteroatoms. The summed E-state index contributed by atoms with van der Waals surface area (Å²) in [4.78, 5) is 27.8. The van der Waals surface area contributed by atoms with Gasteiger partial charge in [-0.05, 0) is 35.4 Å². The first-order chi connectivity index (χ1) is 14.2. The van der Waals surface area contributed by atoms with E-state index in [0.717, 1.165) is 18.6 Å². The summed E-state index contributed by atoms with van der Waals surface area (Å²) in [6.45, 7) is 5.00. The number of thiophene rings is 1. The molecule has 1 aromatic carbocycles. The van der Waals surface area contributed by atoms with Crippen LogP contribution >= 0.6 is 11.3 Å². The largest absolute Gasteiger partial charge is 0.416 e. The van der Waals surface area contributed by atoms with Gasteiger partial charge in [0.1, 0.15) is 0 Å². The van der Waals surface area contributed by atoms with Gasteiger partial charge in [-0.15, -0.1) is 11.3 Å². The summed E-state index contributed by atoms with van der Waals surface area (Å²) in [5, 5.41) is 4.69. The monoisotopic (exact) mass is 438 g/mol. The van der Waals surface area contributed by atoms with Gasteiger partial charge in [-0.3, -0.25) is 9.59 Å². The van der Waals surface area contributed by atoms with Crippen molar-refractivity contribution in [2.75, 3.05) is 19.6 Å². The van der Waals surface area contributed by atoms with Gasteiger partial charge in [-0.25, -0.2) is 0 Å². The van der Waals surface area contributed by atoms with E-state index in [1.165, 1.54) is 17.4 Å². The number of amides is 2. The first kappa shape index (κ1) is 22.3. The van der Waals surface area contributed by atoms with Crippen molar-refractivity contribution in [1.29, 1.82) is 0 Å². The zero-order valence-electron chi connectivity index (χ0n) is 16.9. The number of halogens is 3. The second-order valence-corrected chi connectivity index (χ2v) is 8.94. The van der Waals surface area contributed by atoms with Crippen LogP contribution in [0, 0.1) is 11.8 Å². The van der Waals surface area contributed by atoms with Crippen LogP contribution in [0.15, 0.2) is 41.8 Å². The Labute approximate surface area is 178 Å². The van der Waals surface area contributed by atoms with Crippen molar-refractivity contribution in [2.45, 2.75) is 32.4 Å². The molecule has 0 radical (unpaired) electrons. The Morgan fingerprint density at radius 2 is 1.97 bits per heavy atom. The van der Waals surface area contributed by atoms with Crippen LogP contribution < -0.4 is 5.32 Å². The molecular formula is C22H25F3N2O2S. The summed E-state index contributed by atoms with van der Waals surface area (Å²) in [5.74, 6) is -1.08. The van der Waals surface area contributed by atoms with Crippen molar-refractivity contribution in [3.63, 3.8) is 0 Å². The lowest BCUT2D eigenvalue weighted by molar-refractivity contribution is -0.137. The van der Waals surface area contributed by atoms with Crippen molar-refractivity contribution in [3.05, 3.63) is 57.8 Å². The molecule has 1 aliphatic heterocycles. The predicted molar refractivity (Wildman–Crippen MR) is 110 cm³/mol. The lowest BCUT2D eigenvalue weighted by atomic mass is 9.87. The van der Waals surface area contributed by atoms with Crippen molar-refractivity contribution < 1.29 is 22.8 Å². The molecule has 2 heterocycles. The first-order valence-corrected chi connectivity index (χ1v) is 10.8. The smallest absolute Gasteiger partial charge is 0.356 e. The summed E-state index contributed by atoms with van der Waals surface area (Å²) in [5.41, 5.74) is -0.322. The molecule has 2 aromatic rings. The molecule has 0 spiro atoms. The maximum Gasteiger partial charge on any atom is 0.416 e. The van der Waals surface area contributed by atoms with Crippen LogP contribution in [0.1, 0.15) is 47.0 Å². The molecule has 3 rings (SSSR count). The summed E-state index contributed by atoms with van der Waals surface area (Å²) >= 11 is 1.31. The number of nitrogens with zero attached hydrogens (tertiary/aromatic N) is 1. The molecule has 0 aliphatic carbocycles. The van der Waals surface area contributed by atoms with E-state index in [9.17, 15) is 22.8 Å². The van der Waals surface area contributed by atoms with E-state index < -0.39 is 23.6 Å². The number of rotatable bonds is 6. The quantitative estimate of drug-likeness (QED) is 0.705. The fraction of sp³-hybridized carbons (Fsp3) is 0.455. The van der Waals surface area contributed by atoms with Gasteiger partial charge < -0.3 is 10.2 Å². The Balaban J connectivity index is 1.85. The van der Waals surface area contributed by atoms with E-state index in [2.05, 4.69) is 19.2 Å². The van der Waals surface area contributed by atoms with E-state index >= 15 is 0 Å². The average Bonchev–Trinajstić information content (AvgIpc) is 3.37. The molecule has 1 N–H and O–H groups in total. The van der Waals surface area contributed by atoms with Gasteiger partial charge in [0, 0.05) is 25.6 Å². The number of carbonyl (C=O) groups is 2. The van der Waals surface area contributed by atoms with Crippen molar-refractivity contribution in [2.24, 2.45) is 11.8 Å². The predicted octanol–water partition coefficient (Wildman–Crippen LogP) is 4.79. The second kappa shape index (κ2) is 9.20. The molecule has 162 valence electrons.